The highest BCUT2D eigenvalue weighted by Crippen LogP contribution is 2.37. The lowest BCUT2D eigenvalue weighted by molar-refractivity contribution is -0.159. The Morgan fingerprint density at radius 2 is 2.21 bits per heavy atom. The number of rotatable bonds is 4. The van der Waals surface area contributed by atoms with Crippen molar-refractivity contribution in [1.82, 2.24) is 4.90 Å². The summed E-state index contributed by atoms with van der Waals surface area (Å²) in [5, 5.41) is 0. The third kappa shape index (κ3) is 2.74. The number of ether oxygens (including phenoxy) is 2. The van der Waals surface area contributed by atoms with E-state index in [1.54, 1.807) is 26.8 Å². The van der Waals surface area contributed by atoms with Gasteiger partial charge in [0.25, 0.3) is 0 Å². The number of nitrogens with zero attached hydrogens (tertiary/aromatic N) is 1. The van der Waals surface area contributed by atoms with Crippen LogP contribution in [0.25, 0.3) is 0 Å². The zero-order valence-electron chi connectivity index (χ0n) is 14.2. The smallest absolute Gasteiger partial charge is 0.331 e. The maximum Gasteiger partial charge on any atom is 0.331 e. The van der Waals surface area contributed by atoms with Crippen LogP contribution in [-0.2, 0) is 20.7 Å². The van der Waals surface area contributed by atoms with Gasteiger partial charge in [-0.15, -0.1) is 0 Å². The fraction of sp³-hybridized carbons (Fsp3) is 0.556. The van der Waals surface area contributed by atoms with Gasteiger partial charge >= 0.3 is 5.97 Å². The van der Waals surface area contributed by atoms with E-state index in [0.717, 1.165) is 12.0 Å². The van der Waals surface area contributed by atoms with Gasteiger partial charge in [-0.25, -0.2) is 9.18 Å². The minimum atomic E-state index is -1.06. The number of likely N-dealkylation sites (tertiary alicyclic amines) is 1. The summed E-state index contributed by atoms with van der Waals surface area (Å²) in [7, 11) is 0. The fourth-order valence-corrected chi connectivity index (χ4v) is 3.41. The summed E-state index contributed by atoms with van der Waals surface area (Å²) in [6.45, 7) is 6.18. The molecule has 0 saturated carbocycles. The third-order valence-corrected chi connectivity index (χ3v) is 4.82. The van der Waals surface area contributed by atoms with Crippen molar-refractivity contribution < 1.29 is 23.5 Å². The van der Waals surface area contributed by atoms with E-state index in [2.05, 4.69) is 0 Å². The Labute approximate surface area is 140 Å². The van der Waals surface area contributed by atoms with Crippen LogP contribution in [-0.4, -0.2) is 42.1 Å². The highest BCUT2D eigenvalue weighted by molar-refractivity contribution is 5.89. The Bertz CT molecular complexity index is 686. The van der Waals surface area contributed by atoms with Gasteiger partial charge in [-0.2, -0.15) is 0 Å². The lowest BCUT2D eigenvalue weighted by atomic mass is 9.95. The van der Waals surface area contributed by atoms with Gasteiger partial charge in [-0.3, -0.25) is 4.79 Å². The van der Waals surface area contributed by atoms with Crippen molar-refractivity contribution in [3.63, 3.8) is 0 Å². The molecule has 130 valence electrons. The molecule has 0 spiro atoms. The molecular formula is C18H22FNO4. The number of hydrogen-bond acceptors (Lipinski definition) is 4. The van der Waals surface area contributed by atoms with E-state index < -0.39 is 11.5 Å². The average molecular weight is 335 g/mol. The van der Waals surface area contributed by atoms with Crippen LogP contribution >= 0.6 is 0 Å². The molecular weight excluding hydrogens is 313 g/mol. The van der Waals surface area contributed by atoms with Crippen molar-refractivity contribution in [2.75, 3.05) is 19.8 Å². The molecule has 1 fully saturated rings. The van der Waals surface area contributed by atoms with Gasteiger partial charge in [-0.1, -0.05) is 0 Å². The first-order valence-corrected chi connectivity index (χ1v) is 8.27. The molecule has 0 radical (unpaired) electrons. The monoisotopic (exact) mass is 335 g/mol. The zero-order chi connectivity index (χ0) is 17.5. The minimum absolute atomic E-state index is 0.158. The van der Waals surface area contributed by atoms with Gasteiger partial charge in [0.05, 0.1) is 13.2 Å². The van der Waals surface area contributed by atoms with Crippen molar-refractivity contribution in [3.8, 4) is 5.75 Å². The predicted molar refractivity (Wildman–Crippen MR) is 85.4 cm³/mol. The molecule has 24 heavy (non-hydrogen) atoms. The van der Waals surface area contributed by atoms with Crippen molar-refractivity contribution in [2.45, 2.75) is 45.1 Å². The van der Waals surface area contributed by atoms with E-state index in [0.29, 0.717) is 24.5 Å². The Morgan fingerprint density at radius 1 is 1.46 bits per heavy atom. The highest BCUT2D eigenvalue weighted by Gasteiger charge is 2.45. The highest BCUT2D eigenvalue weighted by atomic mass is 19.1. The molecule has 1 atom stereocenters. The first-order chi connectivity index (χ1) is 11.3. The molecule has 0 aromatic heterocycles. The Balaban J connectivity index is 1.84. The summed E-state index contributed by atoms with van der Waals surface area (Å²) in [6, 6.07) is 3.21. The summed E-state index contributed by atoms with van der Waals surface area (Å²) < 4.78 is 24.9. The van der Waals surface area contributed by atoms with Crippen LogP contribution in [0, 0.1) is 5.82 Å². The number of amides is 1. The quantitative estimate of drug-likeness (QED) is 0.793. The van der Waals surface area contributed by atoms with Crippen molar-refractivity contribution in [1.29, 1.82) is 0 Å². The fourth-order valence-electron chi connectivity index (χ4n) is 3.41. The van der Waals surface area contributed by atoms with E-state index in [1.807, 2.05) is 0 Å². The second-order valence-electron chi connectivity index (χ2n) is 6.76. The molecule has 0 unspecified atom stereocenters. The molecule has 0 aliphatic carbocycles. The number of esters is 1. The molecule has 1 aromatic carbocycles. The topological polar surface area (TPSA) is 55.8 Å². The average Bonchev–Trinajstić information content (AvgIpc) is 3.12. The Morgan fingerprint density at radius 3 is 2.92 bits per heavy atom. The van der Waals surface area contributed by atoms with Crippen LogP contribution in [0.15, 0.2) is 12.1 Å². The Hall–Kier alpha value is -2.11. The van der Waals surface area contributed by atoms with Crippen LogP contribution in [0.3, 0.4) is 0 Å². The van der Waals surface area contributed by atoms with Crippen LogP contribution in [0.4, 0.5) is 4.39 Å². The van der Waals surface area contributed by atoms with E-state index in [-0.39, 0.29) is 30.7 Å². The molecule has 1 amide bonds. The third-order valence-electron chi connectivity index (χ3n) is 4.82. The number of benzene rings is 1. The maximum atomic E-state index is 14.4. The van der Waals surface area contributed by atoms with Crippen molar-refractivity contribution >= 4 is 11.9 Å². The molecule has 2 aliphatic rings. The molecule has 2 heterocycles. The van der Waals surface area contributed by atoms with E-state index >= 15 is 0 Å². The standard InChI is InChI=1S/C18H22FNO4/c1-4-23-17(22)18(2,3)20-10-12(8-16(20)21)13-7-11-5-6-24-15(11)9-14(13)19/h7,9,12H,4-6,8,10H2,1-3H3/t12-/m0/s1. The molecule has 3 rings (SSSR count). The normalized spacial score (nSPS) is 20.1. The molecule has 1 aromatic rings. The first kappa shape index (κ1) is 16.7. The maximum absolute atomic E-state index is 14.4. The number of fused-ring (bicyclic) bond motifs is 1. The van der Waals surface area contributed by atoms with Crippen LogP contribution in [0.5, 0.6) is 5.75 Å². The second kappa shape index (κ2) is 6.07. The van der Waals surface area contributed by atoms with Gasteiger partial charge in [0, 0.05) is 31.4 Å². The lowest BCUT2D eigenvalue weighted by Crippen LogP contribution is -2.51. The van der Waals surface area contributed by atoms with E-state index in [9.17, 15) is 14.0 Å². The van der Waals surface area contributed by atoms with Crippen LogP contribution in [0.1, 0.15) is 44.2 Å². The van der Waals surface area contributed by atoms with E-state index in [1.165, 1.54) is 11.0 Å². The summed E-state index contributed by atoms with van der Waals surface area (Å²) in [6.07, 6.45) is 0.945. The first-order valence-electron chi connectivity index (χ1n) is 8.27. The molecule has 6 heteroatoms. The summed E-state index contributed by atoms with van der Waals surface area (Å²) in [5.41, 5.74) is 0.440. The van der Waals surface area contributed by atoms with Crippen molar-refractivity contribution in [3.05, 3.63) is 29.1 Å². The number of halogens is 1. The summed E-state index contributed by atoms with van der Waals surface area (Å²) in [4.78, 5) is 26.1. The van der Waals surface area contributed by atoms with Crippen LogP contribution in [0.2, 0.25) is 0 Å². The minimum Gasteiger partial charge on any atom is -0.493 e. The van der Waals surface area contributed by atoms with Gasteiger partial charge in [0.1, 0.15) is 17.1 Å². The number of carbonyl (C=O) groups excluding carboxylic acids is 2. The van der Waals surface area contributed by atoms with E-state index in [4.69, 9.17) is 9.47 Å². The lowest BCUT2D eigenvalue weighted by Gasteiger charge is -2.33. The summed E-state index contributed by atoms with van der Waals surface area (Å²) in [5.74, 6) is -0.637. The second-order valence-corrected chi connectivity index (χ2v) is 6.76. The summed E-state index contributed by atoms with van der Waals surface area (Å²) >= 11 is 0. The van der Waals surface area contributed by atoms with Gasteiger partial charge in [0.15, 0.2) is 0 Å². The van der Waals surface area contributed by atoms with Gasteiger partial charge in [-0.05, 0) is 38.0 Å². The van der Waals surface area contributed by atoms with Gasteiger partial charge < -0.3 is 14.4 Å². The van der Waals surface area contributed by atoms with Gasteiger partial charge in [0.2, 0.25) is 5.91 Å². The molecule has 0 N–H and O–H groups in total. The van der Waals surface area contributed by atoms with Crippen molar-refractivity contribution in [2.24, 2.45) is 0 Å². The molecule has 0 bridgehead atoms. The molecule has 2 aliphatic heterocycles. The SMILES string of the molecule is CCOC(=O)C(C)(C)N1C[C@@H](c2cc3c(cc2F)OCC3)CC1=O. The molecule has 1 saturated heterocycles. The number of carbonyl (C=O) groups is 2. The zero-order valence-corrected chi connectivity index (χ0v) is 14.2. The molecule has 5 nitrogen and oxygen atoms in total. The van der Waals surface area contributed by atoms with Crippen LogP contribution < -0.4 is 4.74 Å². The predicted octanol–water partition coefficient (Wildman–Crippen LogP) is 2.42. The number of hydrogen-bond donors (Lipinski definition) is 0. The largest absolute Gasteiger partial charge is 0.493 e. The Kier molecular flexibility index (Phi) is 4.24.